The number of likely N-dealkylation sites (tertiary alicyclic amines) is 1. The van der Waals surface area contributed by atoms with Gasteiger partial charge in [-0.2, -0.15) is 0 Å². The Morgan fingerprint density at radius 3 is 2.00 bits per heavy atom. The highest BCUT2D eigenvalue weighted by Gasteiger charge is 2.48. The number of hydrogen-bond donors (Lipinski definition) is 0. The molecule has 1 unspecified atom stereocenters. The van der Waals surface area contributed by atoms with Gasteiger partial charge in [-0.05, 0) is 54.5 Å². The molecule has 1 atom stereocenters. The van der Waals surface area contributed by atoms with E-state index in [2.05, 4.69) is 92.7 Å². The minimum absolute atomic E-state index is 0.0232. The third kappa shape index (κ3) is 4.92. The first-order chi connectivity index (χ1) is 17.5. The van der Waals surface area contributed by atoms with Crippen LogP contribution in [-0.2, 0) is 23.2 Å². The van der Waals surface area contributed by atoms with Crippen LogP contribution >= 0.6 is 0 Å². The molecule has 0 aromatic heterocycles. The standard InChI is InChI=1S/C33H33NO2/c1-25-18-19-28(26(2)20-25)21-31-22-33(29-14-8-4-9-15-29,30-16-10-5-11-17-30)24-34(31)32(35)36-23-27-12-6-3-7-13-27/h3-20,31H,21-24H2,1-2H3. The van der Waals surface area contributed by atoms with Crippen molar-refractivity contribution in [2.24, 2.45) is 0 Å². The molecular formula is C33H33NO2. The summed E-state index contributed by atoms with van der Waals surface area (Å²) in [5.74, 6) is 0. The number of rotatable bonds is 6. The second-order valence-electron chi connectivity index (χ2n) is 9.97. The van der Waals surface area contributed by atoms with Crippen LogP contribution in [0.2, 0.25) is 0 Å². The number of aryl methyl sites for hydroxylation is 2. The number of carbonyl (C=O) groups is 1. The smallest absolute Gasteiger partial charge is 0.410 e. The second-order valence-corrected chi connectivity index (χ2v) is 9.97. The number of benzene rings is 4. The number of nitrogens with zero attached hydrogens (tertiary/aromatic N) is 1. The van der Waals surface area contributed by atoms with Crippen molar-refractivity contribution < 1.29 is 9.53 Å². The molecule has 0 radical (unpaired) electrons. The maximum Gasteiger partial charge on any atom is 0.410 e. The fourth-order valence-electron chi connectivity index (χ4n) is 5.62. The van der Waals surface area contributed by atoms with Gasteiger partial charge in [0, 0.05) is 18.0 Å². The summed E-state index contributed by atoms with van der Waals surface area (Å²) in [7, 11) is 0. The van der Waals surface area contributed by atoms with Crippen LogP contribution in [0.4, 0.5) is 4.79 Å². The van der Waals surface area contributed by atoms with Crippen molar-refractivity contribution in [2.45, 2.75) is 44.8 Å². The van der Waals surface area contributed by atoms with Crippen LogP contribution in [0, 0.1) is 13.8 Å². The first-order valence-corrected chi connectivity index (χ1v) is 12.7. The molecule has 3 heteroatoms. The lowest BCUT2D eigenvalue weighted by molar-refractivity contribution is 0.0911. The normalized spacial score (nSPS) is 16.6. The van der Waals surface area contributed by atoms with E-state index in [0.717, 1.165) is 18.4 Å². The van der Waals surface area contributed by atoms with Gasteiger partial charge in [0.1, 0.15) is 6.61 Å². The molecule has 3 nitrogen and oxygen atoms in total. The predicted octanol–water partition coefficient (Wildman–Crippen LogP) is 7.24. The van der Waals surface area contributed by atoms with Crippen LogP contribution in [-0.4, -0.2) is 23.6 Å². The van der Waals surface area contributed by atoms with Crippen molar-refractivity contribution in [1.82, 2.24) is 4.90 Å². The summed E-state index contributed by atoms with van der Waals surface area (Å²) in [5, 5.41) is 0. The molecule has 1 fully saturated rings. The summed E-state index contributed by atoms with van der Waals surface area (Å²) in [4.78, 5) is 15.6. The lowest BCUT2D eigenvalue weighted by Gasteiger charge is -2.30. The number of carbonyl (C=O) groups excluding carboxylic acids is 1. The second kappa shape index (κ2) is 10.4. The third-order valence-corrected chi connectivity index (χ3v) is 7.51. The van der Waals surface area contributed by atoms with Crippen LogP contribution in [0.1, 0.15) is 39.8 Å². The van der Waals surface area contributed by atoms with Crippen LogP contribution in [0.15, 0.2) is 109 Å². The van der Waals surface area contributed by atoms with E-state index in [9.17, 15) is 4.79 Å². The lowest BCUT2D eigenvalue weighted by atomic mass is 9.72. The monoisotopic (exact) mass is 475 g/mol. The molecule has 36 heavy (non-hydrogen) atoms. The molecule has 1 heterocycles. The fraction of sp³-hybridized carbons (Fsp3) is 0.242. The van der Waals surface area contributed by atoms with E-state index in [4.69, 9.17) is 4.74 Å². The maximum atomic E-state index is 13.6. The molecule has 0 saturated carbocycles. The molecule has 1 aliphatic rings. The largest absolute Gasteiger partial charge is 0.445 e. The molecule has 182 valence electrons. The molecule has 0 spiro atoms. The van der Waals surface area contributed by atoms with E-state index in [-0.39, 0.29) is 24.2 Å². The summed E-state index contributed by atoms with van der Waals surface area (Å²) in [5.41, 5.74) is 6.98. The molecule has 0 N–H and O–H groups in total. The minimum atomic E-state index is -0.294. The zero-order valence-electron chi connectivity index (χ0n) is 21.1. The molecule has 1 aliphatic heterocycles. The molecular weight excluding hydrogens is 442 g/mol. The van der Waals surface area contributed by atoms with Crippen molar-refractivity contribution in [3.8, 4) is 0 Å². The van der Waals surface area contributed by atoms with Gasteiger partial charge in [0.15, 0.2) is 0 Å². The van der Waals surface area contributed by atoms with Crippen LogP contribution < -0.4 is 0 Å². The Morgan fingerprint density at radius 1 is 0.833 bits per heavy atom. The van der Waals surface area contributed by atoms with Gasteiger partial charge in [-0.25, -0.2) is 4.79 Å². The highest BCUT2D eigenvalue weighted by molar-refractivity contribution is 5.70. The number of ether oxygens (including phenoxy) is 1. The highest BCUT2D eigenvalue weighted by Crippen LogP contribution is 2.45. The van der Waals surface area contributed by atoms with Crippen LogP contribution in [0.5, 0.6) is 0 Å². The van der Waals surface area contributed by atoms with E-state index < -0.39 is 0 Å². The van der Waals surface area contributed by atoms with E-state index in [1.165, 1.54) is 27.8 Å². The van der Waals surface area contributed by atoms with Crippen LogP contribution in [0.25, 0.3) is 0 Å². The zero-order valence-corrected chi connectivity index (χ0v) is 21.1. The fourth-order valence-corrected chi connectivity index (χ4v) is 5.62. The Hall–Kier alpha value is -3.85. The van der Waals surface area contributed by atoms with E-state index >= 15 is 0 Å². The Labute approximate surface area is 214 Å². The highest BCUT2D eigenvalue weighted by atomic mass is 16.6. The molecule has 0 bridgehead atoms. The molecule has 1 saturated heterocycles. The number of amides is 1. The topological polar surface area (TPSA) is 29.5 Å². The van der Waals surface area contributed by atoms with E-state index in [0.29, 0.717) is 6.54 Å². The third-order valence-electron chi connectivity index (χ3n) is 7.51. The first-order valence-electron chi connectivity index (χ1n) is 12.7. The lowest BCUT2D eigenvalue weighted by Crippen LogP contribution is -2.39. The molecule has 4 aromatic rings. The molecule has 1 amide bonds. The van der Waals surface area contributed by atoms with Gasteiger partial charge in [0.05, 0.1) is 0 Å². The minimum Gasteiger partial charge on any atom is -0.445 e. The van der Waals surface area contributed by atoms with Gasteiger partial charge in [0.25, 0.3) is 0 Å². The Balaban J connectivity index is 1.51. The van der Waals surface area contributed by atoms with Crippen molar-refractivity contribution >= 4 is 6.09 Å². The predicted molar refractivity (Wildman–Crippen MR) is 145 cm³/mol. The summed E-state index contributed by atoms with van der Waals surface area (Å²) < 4.78 is 5.88. The van der Waals surface area contributed by atoms with E-state index in [1.54, 1.807) is 0 Å². The van der Waals surface area contributed by atoms with Gasteiger partial charge in [-0.1, -0.05) is 115 Å². The maximum absolute atomic E-state index is 13.6. The first kappa shape index (κ1) is 23.9. The quantitative estimate of drug-likeness (QED) is 0.294. The van der Waals surface area contributed by atoms with Gasteiger partial charge in [0.2, 0.25) is 0 Å². The Bertz CT molecular complexity index is 1260. The molecule has 0 aliphatic carbocycles. The van der Waals surface area contributed by atoms with Crippen molar-refractivity contribution in [1.29, 1.82) is 0 Å². The van der Waals surface area contributed by atoms with Gasteiger partial charge in [-0.3, -0.25) is 0 Å². The van der Waals surface area contributed by atoms with Crippen molar-refractivity contribution in [3.05, 3.63) is 143 Å². The SMILES string of the molecule is Cc1ccc(CC2CC(c3ccccc3)(c3ccccc3)CN2C(=O)OCc2ccccc2)c(C)c1. The summed E-state index contributed by atoms with van der Waals surface area (Å²) >= 11 is 0. The van der Waals surface area contributed by atoms with Gasteiger partial charge < -0.3 is 9.64 Å². The average molecular weight is 476 g/mol. The Morgan fingerprint density at radius 2 is 1.42 bits per heavy atom. The number of hydrogen-bond acceptors (Lipinski definition) is 2. The Kier molecular flexibility index (Phi) is 6.90. The van der Waals surface area contributed by atoms with Crippen molar-refractivity contribution in [3.63, 3.8) is 0 Å². The van der Waals surface area contributed by atoms with E-state index in [1.807, 2.05) is 35.2 Å². The van der Waals surface area contributed by atoms with Crippen molar-refractivity contribution in [2.75, 3.05) is 6.54 Å². The zero-order chi connectivity index (χ0) is 25.0. The molecule has 5 rings (SSSR count). The summed E-state index contributed by atoms with van der Waals surface area (Å²) in [6.07, 6.45) is 1.39. The average Bonchev–Trinajstić information content (AvgIpc) is 3.31. The van der Waals surface area contributed by atoms with Gasteiger partial charge >= 0.3 is 6.09 Å². The molecule has 4 aromatic carbocycles. The van der Waals surface area contributed by atoms with Gasteiger partial charge in [-0.15, -0.1) is 0 Å². The summed E-state index contributed by atoms with van der Waals surface area (Å²) in [6, 6.07) is 37.8. The van der Waals surface area contributed by atoms with Crippen LogP contribution in [0.3, 0.4) is 0 Å². The summed E-state index contributed by atoms with van der Waals surface area (Å²) in [6.45, 7) is 5.15.